The van der Waals surface area contributed by atoms with Crippen LogP contribution in [0.2, 0.25) is 0 Å². The number of aryl methyl sites for hydroxylation is 1. The Hall–Kier alpha value is -1.79. The number of carbonyl (C=O) groups is 1. The van der Waals surface area contributed by atoms with E-state index in [9.17, 15) is 4.79 Å². The monoisotopic (exact) mass is 406 g/mol. The minimum absolute atomic E-state index is 0. The molecule has 4 nitrogen and oxygen atoms in total. The molecule has 0 bridgehead atoms. The molecule has 0 N–H and O–H groups in total. The topological polar surface area (TPSA) is 44.1 Å². The second-order valence-electron chi connectivity index (χ2n) is 5.11. The van der Waals surface area contributed by atoms with E-state index in [-0.39, 0.29) is 22.8 Å². The number of ketones is 1. The Morgan fingerprint density at radius 2 is 1.96 bits per heavy atom. The summed E-state index contributed by atoms with van der Waals surface area (Å²) in [4.78, 5) is 16.8. The van der Waals surface area contributed by atoms with Crippen LogP contribution in [0.4, 0.5) is 0 Å². The number of benzene rings is 2. The number of hydrogen-bond donors (Lipinski definition) is 0. The van der Waals surface area contributed by atoms with Gasteiger partial charge in [0, 0.05) is 18.7 Å². The van der Waals surface area contributed by atoms with Crippen LogP contribution < -0.4 is 4.74 Å². The molecule has 3 aromatic rings. The van der Waals surface area contributed by atoms with E-state index in [1.807, 2.05) is 67.1 Å². The summed E-state index contributed by atoms with van der Waals surface area (Å²) in [6, 6.07) is 15.2. The Bertz CT molecular complexity index is 834. The first-order valence-electron chi connectivity index (χ1n) is 7.49. The van der Waals surface area contributed by atoms with Crippen LogP contribution in [0.1, 0.15) is 17.3 Å². The SMILES string of the molecule is Br.CCOc1ccc2c(c1)nc(SCC(=O)c1ccccc1)n2C. The van der Waals surface area contributed by atoms with E-state index < -0.39 is 0 Å². The normalized spacial score (nSPS) is 10.4. The third kappa shape index (κ3) is 3.99. The van der Waals surface area contributed by atoms with E-state index in [0.29, 0.717) is 12.4 Å². The third-order valence-electron chi connectivity index (χ3n) is 3.55. The van der Waals surface area contributed by atoms with Gasteiger partial charge in [0.15, 0.2) is 10.9 Å². The van der Waals surface area contributed by atoms with Crippen LogP contribution in [-0.4, -0.2) is 27.7 Å². The van der Waals surface area contributed by atoms with E-state index in [0.717, 1.165) is 27.5 Å². The van der Waals surface area contributed by atoms with Gasteiger partial charge in [-0.1, -0.05) is 42.1 Å². The maximum absolute atomic E-state index is 12.2. The average Bonchev–Trinajstić information content (AvgIpc) is 2.89. The van der Waals surface area contributed by atoms with Crippen LogP contribution in [0.25, 0.3) is 11.0 Å². The number of imidazole rings is 1. The molecule has 3 rings (SSSR count). The zero-order valence-corrected chi connectivity index (χ0v) is 16.1. The molecule has 0 radical (unpaired) electrons. The first-order valence-corrected chi connectivity index (χ1v) is 8.48. The number of rotatable bonds is 6. The molecule has 6 heteroatoms. The molecule has 24 heavy (non-hydrogen) atoms. The molecule has 1 aromatic heterocycles. The molecule has 0 atom stereocenters. The van der Waals surface area contributed by atoms with Crippen molar-refractivity contribution in [1.82, 2.24) is 9.55 Å². The van der Waals surface area contributed by atoms with E-state index >= 15 is 0 Å². The van der Waals surface area contributed by atoms with Gasteiger partial charge in [0.1, 0.15) is 5.75 Å². The van der Waals surface area contributed by atoms with Crippen molar-refractivity contribution < 1.29 is 9.53 Å². The van der Waals surface area contributed by atoms with E-state index in [1.165, 1.54) is 11.8 Å². The summed E-state index contributed by atoms with van der Waals surface area (Å²) in [5, 5.41) is 0.831. The van der Waals surface area contributed by atoms with Gasteiger partial charge >= 0.3 is 0 Å². The Kier molecular flexibility index (Phi) is 6.45. The maximum Gasteiger partial charge on any atom is 0.173 e. The van der Waals surface area contributed by atoms with Crippen molar-refractivity contribution in [2.45, 2.75) is 12.1 Å². The molecule has 0 aliphatic rings. The van der Waals surface area contributed by atoms with Crippen LogP contribution in [0, 0.1) is 0 Å². The molecule has 0 aliphatic carbocycles. The van der Waals surface area contributed by atoms with E-state index in [4.69, 9.17) is 4.74 Å². The van der Waals surface area contributed by atoms with Crippen LogP contribution in [0.15, 0.2) is 53.7 Å². The Morgan fingerprint density at radius 3 is 2.67 bits per heavy atom. The highest BCUT2D eigenvalue weighted by atomic mass is 79.9. The molecule has 0 unspecified atom stereocenters. The molecule has 0 saturated heterocycles. The summed E-state index contributed by atoms with van der Waals surface area (Å²) in [5.41, 5.74) is 2.65. The smallest absolute Gasteiger partial charge is 0.173 e. The maximum atomic E-state index is 12.2. The first-order chi connectivity index (χ1) is 11.2. The lowest BCUT2D eigenvalue weighted by Crippen LogP contribution is -2.03. The minimum atomic E-state index is 0. The second-order valence-corrected chi connectivity index (χ2v) is 6.06. The molecule has 0 amide bonds. The first kappa shape index (κ1) is 18.5. The Balaban J connectivity index is 0.00000208. The standard InChI is InChI=1S/C18H18N2O2S.BrH/c1-3-22-14-9-10-16-15(11-14)19-18(20(16)2)23-12-17(21)13-7-5-4-6-8-13;/h4-11H,3,12H2,1-2H3;1H. The Labute approximate surface area is 156 Å². The lowest BCUT2D eigenvalue weighted by atomic mass is 10.2. The summed E-state index contributed by atoms with van der Waals surface area (Å²) in [5.74, 6) is 1.30. The van der Waals surface area contributed by atoms with Gasteiger partial charge in [0.2, 0.25) is 0 Å². The lowest BCUT2D eigenvalue weighted by Gasteiger charge is -2.03. The number of fused-ring (bicyclic) bond motifs is 1. The number of halogens is 1. The molecule has 0 fully saturated rings. The second kappa shape index (κ2) is 8.35. The molecule has 0 aliphatic heterocycles. The fourth-order valence-corrected chi connectivity index (χ4v) is 3.26. The summed E-state index contributed by atoms with van der Waals surface area (Å²) in [7, 11) is 1.96. The van der Waals surface area contributed by atoms with Crippen molar-refractivity contribution >= 4 is 45.6 Å². The van der Waals surface area contributed by atoms with Gasteiger partial charge in [-0.2, -0.15) is 0 Å². The fraction of sp³-hybridized carbons (Fsp3) is 0.222. The van der Waals surface area contributed by atoms with E-state index in [1.54, 1.807) is 0 Å². The van der Waals surface area contributed by atoms with Gasteiger partial charge in [0.25, 0.3) is 0 Å². The average molecular weight is 407 g/mol. The number of hydrogen-bond acceptors (Lipinski definition) is 4. The van der Waals surface area contributed by atoms with Crippen molar-refractivity contribution in [1.29, 1.82) is 0 Å². The van der Waals surface area contributed by atoms with Crippen molar-refractivity contribution in [2.24, 2.45) is 7.05 Å². The summed E-state index contributed by atoms with van der Waals surface area (Å²) in [6.45, 7) is 2.59. The van der Waals surface area contributed by atoms with Gasteiger partial charge in [-0.25, -0.2) is 4.98 Å². The van der Waals surface area contributed by atoms with Gasteiger partial charge < -0.3 is 9.30 Å². The van der Waals surface area contributed by atoms with Gasteiger partial charge in [-0.3, -0.25) is 4.79 Å². The third-order valence-corrected chi connectivity index (χ3v) is 4.58. The molecule has 0 saturated carbocycles. The highest BCUT2D eigenvalue weighted by molar-refractivity contribution is 8.93. The van der Waals surface area contributed by atoms with Crippen molar-refractivity contribution in [2.75, 3.05) is 12.4 Å². The van der Waals surface area contributed by atoms with Crippen LogP contribution in [0.3, 0.4) is 0 Å². The number of nitrogens with zero attached hydrogens (tertiary/aromatic N) is 2. The molecule has 1 heterocycles. The quantitative estimate of drug-likeness (QED) is 0.445. The summed E-state index contributed by atoms with van der Waals surface area (Å²) in [6.07, 6.45) is 0. The van der Waals surface area contributed by atoms with Gasteiger partial charge in [-0.05, 0) is 19.1 Å². The predicted octanol–water partition coefficient (Wildman–Crippen LogP) is 4.52. The van der Waals surface area contributed by atoms with Gasteiger partial charge in [-0.15, -0.1) is 17.0 Å². The zero-order valence-electron chi connectivity index (χ0n) is 13.6. The number of aromatic nitrogens is 2. The lowest BCUT2D eigenvalue weighted by molar-refractivity contribution is 0.102. The predicted molar refractivity (Wildman–Crippen MR) is 104 cm³/mol. The summed E-state index contributed by atoms with van der Waals surface area (Å²) < 4.78 is 7.52. The van der Waals surface area contributed by atoms with Crippen molar-refractivity contribution in [3.8, 4) is 5.75 Å². The van der Waals surface area contributed by atoms with Crippen LogP contribution >= 0.6 is 28.7 Å². The largest absolute Gasteiger partial charge is 0.494 e. The number of Topliss-reactive ketones (excluding diaryl/α,β-unsaturated/α-hetero) is 1. The molecule has 0 spiro atoms. The summed E-state index contributed by atoms with van der Waals surface area (Å²) >= 11 is 1.46. The highest BCUT2D eigenvalue weighted by Crippen LogP contribution is 2.26. The minimum Gasteiger partial charge on any atom is -0.494 e. The zero-order chi connectivity index (χ0) is 16.2. The highest BCUT2D eigenvalue weighted by Gasteiger charge is 2.12. The molecular weight excluding hydrogens is 388 g/mol. The number of ether oxygens (including phenoxy) is 1. The molecule has 126 valence electrons. The number of thioether (sulfide) groups is 1. The van der Waals surface area contributed by atoms with Crippen molar-refractivity contribution in [3.05, 3.63) is 54.1 Å². The van der Waals surface area contributed by atoms with Crippen molar-refractivity contribution in [3.63, 3.8) is 0 Å². The number of carbonyl (C=O) groups excluding carboxylic acids is 1. The molecule has 2 aromatic carbocycles. The van der Waals surface area contributed by atoms with Crippen LogP contribution in [0.5, 0.6) is 5.75 Å². The van der Waals surface area contributed by atoms with E-state index in [2.05, 4.69) is 4.98 Å². The van der Waals surface area contributed by atoms with Crippen LogP contribution in [-0.2, 0) is 7.05 Å². The fourth-order valence-electron chi connectivity index (χ4n) is 2.38. The Morgan fingerprint density at radius 1 is 1.21 bits per heavy atom. The molecular formula is C18H19BrN2O2S. The van der Waals surface area contributed by atoms with Gasteiger partial charge in [0.05, 0.1) is 23.4 Å².